The smallest absolute Gasteiger partial charge is 0.270 e. The van der Waals surface area contributed by atoms with Crippen LogP contribution in [0.3, 0.4) is 0 Å². The standard InChI is InChI=1S/C17H23N3O3/c1-19(2)16-9-8-14(20(22)23)12-15(16)17(21)18-11-10-13-6-4-3-5-7-13/h6,8-9,12H,3-5,7,10-11H2,1-2H3,(H,18,21). The van der Waals surface area contributed by atoms with E-state index < -0.39 is 4.92 Å². The van der Waals surface area contributed by atoms with Gasteiger partial charge in [-0.15, -0.1) is 0 Å². The Labute approximate surface area is 136 Å². The van der Waals surface area contributed by atoms with Crippen molar-refractivity contribution in [1.82, 2.24) is 5.32 Å². The van der Waals surface area contributed by atoms with E-state index in [0.29, 0.717) is 17.8 Å². The first-order valence-corrected chi connectivity index (χ1v) is 7.91. The molecule has 0 aromatic heterocycles. The van der Waals surface area contributed by atoms with Crippen LogP contribution in [0.2, 0.25) is 0 Å². The van der Waals surface area contributed by atoms with Gasteiger partial charge in [0.2, 0.25) is 0 Å². The van der Waals surface area contributed by atoms with Crippen LogP contribution < -0.4 is 10.2 Å². The van der Waals surface area contributed by atoms with Gasteiger partial charge in [0.15, 0.2) is 0 Å². The van der Waals surface area contributed by atoms with E-state index in [0.717, 1.165) is 19.3 Å². The maximum Gasteiger partial charge on any atom is 0.270 e. The number of carbonyl (C=O) groups excluding carboxylic acids is 1. The van der Waals surface area contributed by atoms with Crippen molar-refractivity contribution < 1.29 is 9.72 Å². The predicted octanol–water partition coefficient (Wildman–Crippen LogP) is 3.28. The summed E-state index contributed by atoms with van der Waals surface area (Å²) in [6.07, 6.45) is 7.80. The van der Waals surface area contributed by atoms with Gasteiger partial charge in [0.05, 0.1) is 10.5 Å². The third kappa shape index (κ3) is 4.55. The van der Waals surface area contributed by atoms with Crippen LogP contribution in [-0.2, 0) is 0 Å². The van der Waals surface area contributed by atoms with Crippen molar-refractivity contribution >= 4 is 17.3 Å². The maximum atomic E-state index is 12.4. The molecule has 0 spiro atoms. The zero-order chi connectivity index (χ0) is 16.8. The summed E-state index contributed by atoms with van der Waals surface area (Å²) in [7, 11) is 3.62. The molecule has 1 aromatic carbocycles. The van der Waals surface area contributed by atoms with Crippen molar-refractivity contribution in [2.45, 2.75) is 32.1 Å². The average molecular weight is 317 g/mol. The van der Waals surface area contributed by atoms with Crippen LogP contribution in [0.4, 0.5) is 11.4 Å². The van der Waals surface area contributed by atoms with Crippen molar-refractivity contribution in [3.63, 3.8) is 0 Å². The van der Waals surface area contributed by atoms with Crippen LogP contribution in [0.5, 0.6) is 0 Å². The lowest BCUT2D eigenvalue weighted by Crippen LogP contribution is -2.27. The normalized spacial score (nSPS) is 14.1. The summed E-state index contributed by atoms with van der Waals surface area (Å²) in [5.74, 6) is -0.270. The van der Waals surface area contributed by atoms with E-state index in [-0.39, 0.29) is 11.6 Å². The Bertz CT molecular complexity index is 624. The highest BCUT2D eigenvalue weighted by Crippen LogP contribution is 2.24. The molecule has 1 aliphatic carbocycles. The van der Waals surface area contributed by atoms with Crippen molar-refractivity contribution in [3.05, 3.63) is 45.5 Å². The number of nitro benzene ring substituents is 1. The van der Waals surface area contributed by atoms with Crippen molar-refractivity contribution in [1.29, 1.82) is 0 Å². The molecular formula is C17H23N3O3. The molecule has 0 bridgehead atoms. The fourth-order valence-corrected chi connectivity index (χ4v) is 2.77. The zero-order valence-corrected chi connectivity index (χ0v) is 13.7. The van der Waals surface area contributed by atoms with Gasteiger partial charge in [-0.25, -0.2) is 0 Å². The molecule has 124 valence electrons. The highest BCUT2D eigenvalue weighted by molar-refractivity contribution is 6.00. The molecule has 23 heavy (non-hydrogen) atoms. The number of anilines is 1. The maximum absolute atomic E-state index is 12.4. The first kappa shape index (κ1) is 17.0. The van der Waals surface area contributed by atoms with Gasteiger partial charge in [-0.2, -0.15) is 0 Å². The molecular weight excluding hydrogens is 294 g/mol. The second-order valence-corrected chi connectivity index (χ2v) is 5.97. The average Bonchev–Trinajstić information content (AvgIpc) is 2.55. The minimum atomic E-state index is -0.483. The molecule has 0 unspecified atom stereocenters. The molecule has 2 rings (SSSR count). The van der Waals surface area contributed by atoms with Crippen LogP contribution >= 0.6 is 0 Å². The monoisotopic (exact) mass is 317 g/mol. The van der Waals surface area contributed by atoms with Crippen LogP contribution in [0, 0.1) is 10.1 Å². The summed E-state index contributed by atoms with van der Waals surface area (Å²) >= 11 is 0. The molecule has 0 fully saturated rings. The fourth-order valence-electron chi connectivity index (χ4n) is 2.77. The molecule has 6 nitrogen and oxygen atoms in total. The molecule has 0 heterocycles. The van der Waals surface area contributed by atoms with Gasteiger partial charge >= 0.3 is 0 Å². The molecule has 1 amide bonds. The Morgan fingerprint density at radius 1 is 1.35 bits per heavy atom. The minimum absolute atomic E-state index is 0.0734. The molecule has 0 radical (unpaired) electrons. The van der Waals surface area contributed by atoms with E-state index in [2.05, 4.69) is 11.4 Å². The van der Waals surface area contributed by atoms with E-state index in [1.165, 1.54) is 30.5 Å². The summed E-state index contributed by atoms with van der Waals surface area (Å²) in [4.78, 5) is 24.6. The zero-order valence-electron chi connectivity index (χ0n) is 13.7. The highest BCUT2D eigenvalue weighted by Gasteiger charge is 2.17. The van der Waals surface area contributed by atoms with E-state index in [1.807, 2.05) is 14.1 Å². The molecule has 0 saturated heterocycles. The van der Waals surface area contributed by atoms with Gasteiger partial charge < -0.3 is 10.2 Å². The second kappa shape index (κ2) is 7.76. The molecule has 1 N–H and O–H groups in total. The Morgan fingerprint density at radius 2 is 2.13 bits per heavy atom. The first-order chi connectivity index (χ1) is 11.0. The molecule has 1 aromatic rings. The van der Waals surface area contributed by atoms with Crippen LogP contribution in [0.1, 0.15) is 42.5 Å². The van der Waals surface area contributed by atoms with Gasteiger partial charge in [-0.3, -0.25) is 14.9 Å². The Kier molecular flexibility index (Phi) is 5.73. The number of amides is 1. The summed E-state index contributed by atoms with van der Waals surface area (Å²) in [5, 5.41) is 13.8. The topological polar surface area (TPSA) is 75.5 Å². The lowest BCUT2D eigenvalue weighted by Gasteiger charge is -2.17. The number of non-ortho nitro benzene ring substituents is 1. The number of hydrogen-bond donors (Lipinski definition) is 1. The molecule has 1 aliphatic rings. The predicted molar refractivity (Wildman–Crippen MR) is 90.9 cm³/mol. The minimum Gasteiger partial charge on any atom is -0.377 e. The van der Waals surface area contributed by atoms with E-state index >= 15 is 0 Å². The lowest BCUT2D eigenvalue weighted by atomic mass is 9.97. The Balaban J connectivity index is 2.06. The van der Waals surface area contributed by atoms with Gasteiger partial charge in [0.1, 0.15) is 0 Å². The van der Waals surface area contributed by atoms with Gasteiger partial charge in [-0.05, 0) is 38.2 Å². The second-order valence-electron chi connectivity index (χ2n) is 5.97. The quantitative estimate of drug-likeness (QED) is 0.496. The number of benzene rings is 1. The molecule has 0 aliphatic heterocycles. The summed E-state index contributed by atoms with van der Waals surface area (Å²) in [6.45, 7) is 0.556. The fraction of sp³-hybridized carbons (Fsp3) is 0.471. The van der Waals surface area contributed by atoms with E-state index in [9.17, 15) is 14.9 Å². The van der Waals surface area contributed by atoms with Crippen molar-refractivity contribution in [2.75, 3.05) is 25.5 Å². The summed E-state index contributed by atoms with van der Waals surface area (Å²) in [5.41, 5.74) is 2.32. The number of hydrogen-bond acceptors (Lipinski definition) is 4. The summed E-state index contributed by atoms with van der Waals surface area (Å²) < 4.78 is 0. The number of rotatable bonds is 6. The Hall–Kier alpha value is -2.37. The van der Waals surface area contributed by atoms with Gasteiger partial charge in [-0.1, -0.05) is 11.6 Å². The van der Waals surface area contributed by atoms with Gasteiger partial charge in [0, 0.05) is 38.5 Å². The number of nitrogens with one attached hydrogen (secondary N) is 1. The third-order valence-electron chi connectivity index (χ3n) is 4.03. The van der Waals surface area contributed by atoms with Crippen LogP contribution in [-0.4, -0.2) is 31.5 Å². The number of carbonyl (C=O) groups is 1. The molecule has 0 saturated carbocycles. The van der Waals surface area contributed by atoms with Crippen molar-refractivity contribution in [2.24, 2.45) is 0 Å². The van der Waals surface area contributed by atoms with Crippen LogP contribution in [0.25, 0.3) is 0 Å². The third-order valence-corrected chi connectivity index (χ3v) is 4.03. The largest absolute Gasteiger partial charge is 0.377 e. The molecule has 0 atom stereocenters. The lowest BCUT2D eigenvalue weighted by molar-refractivity contribution is -0.384. The molecule has 6 heteroatoms. The number of nitro groups is 1. The SMILES string of the molecule is CN(C)c1ccc([N+](=O)[O-])cc1C(=O)NCCC1=CCCCC1. The van der Waals surface area contributed by atoms with Crippen molar-refractivity contribution in [3.8, 4) is 0 Å². The number of allylic oxidation sites excluding steroid dienone is 1. The first-order valence-electron chi connectivity index (χ1n) is 7.91. The van der Waals surface area contributed by atoms with Gasteiger partial charge in [0.25, 0.3) is 11.6 Å². The Morgan fingerprint density at radius 3 is 2.74 bits per heavy atom. The number of nitrogens with zero attached hydrogens (tertiary/aromatic N) is 2. The van der Waals surface area contributed by atoms with E-state index in [4.69, 9.17) is 0 Å². The van der Waals surface area contributed by atoms with E-state index in [1.54, 1.807) is 11.0 Å². The highest BCUT2D eigenvalue weighted by atomic mass is 16.6. The summed E-state index contributed by atoms with van der Waals surface area (Å²) in [6, 6.07) is 4.36. The van der Waals surface area contributed by atoms with Crippen LogP contribution in [0.15, 0.2) is 29.8 Å².